The van der Waals surface area contributed by atoms with Crippen molar-refractivity contribution in [2.45, 2.75) is 26.2 Å². The predicted molar refractivity (Wildman–Crippen MR) is 76.6 cm³/mol. The van der Waals surface area contributed by atoms with Crippen molar-refractivity contribution in [1.29, 1.82) is 0 Å². The van der Waals surface area contributed by atoms with Gasteiger partial charge in [-0.25, -0.2) is 4.98 Å². The van der Waals surface area contributed by atoms with Crippen LogP contribution in [0.3, 0.4) is 0 Å². The molecule has 0 saturated heterocycles. The van der Waals surface area contributed by atoms with Crippen LogP contribution in [-0.2, 0) is 0 Å². The lowest BCUT2D eigenvalue weighted by molar-refractivity contribution is 0.415. The smallest absolute Gasteiger partial charge is 0.183 e. The monoisotopic (exact) mass is 262 g/mol. The molecule has 0 unspecified atom stereocenters. The van der Waals surface area contributed by atoms with Crippen LogP contribution in [0.15, 0.2) is 18.2 Å². The summed E-state index contributed by atoms with van der Waals surface area (Å²) in [6.07, 6.45) is 3.98. The van der Waals surface area contributed by atoms with Crippen molar-refractivity contribution in [2.75, 3.05) is 19.0 Å². The first-order valence-corrected chi connectivity index (χ1v) is 7.25. The molecule has 0 aliphatic heterocycles. The third kappa shape index (κ3) is 2.17. The quantitative estimate of drug-likeness (QED) is 0.887. The molecule has 1 aliphatic rings. The Bertz CT molecular complexity index is 560. The number of rotatable bonds is 5. The van der Waals surface area contributed by atoms with Gasteiger partial charge in [-0.3, -0.25) is 0 Å². The summed E-state index contributed by atoms with van der Waals surface area (Å²) in [4.78, 5) is 4.61. The van der Waals surface area contributed by atoms with Gasteiger partial charge in [-0.1, -0.05) is 18.3 Å². The Morgan fingerprint density at radius 1 is 1.44 bits per heavy atom. The van der Waals surface area contributed by atoms with Gasteiger partial charge in [0.15, 0.2) is 5.13 Å². The Morgan fingerprint density at radius 3 is 2.94 bits per heavy atom. The van der Waals surface area contributed by atoms with Gasteiger partial charge in [0.25, 0.3) is 0 Å². The molecule has 0 bridgehead atoms. The van der Waals surface area contributed by atoms with E-state index in [1.807, 2.05) is 18.2 Å². The second-order valence-electron chi connectivity index (χ2n) is 5.06. The van der Waals surface area contributed by atoms with Gasteiger partial charge in [0.05, 0.1) is 17.3 Å². The highest BCUT2D eigenvalue weighted by molar-refractivity contribution is 7.22. The van der Waals surface area contributed by atoms with Gasteiger partial charge in [0.1, 0.15) is 5.75 Å². The molecule has 4 heteroatoms. The van der Waals surface area contributed by atoms with E-state index >= 15 is 0 Å². The van der Waals surface area contributed by atoms with E-state index in [-0.39, 0.29) is 0 Å². The predicted octanol–water partition coefficient (Wildman–Crippen LogP) is 3.91. The van der Waals surface area contributed by atoms with E-state index in [2.05, 4.69) is 17.2 Å². The molecule has 0 radical (unpaired) electrons. The summed E-state index contributed by atoms with van der Waals surface area (Å²) in [7, 11) is 1.69. The van der Waals surface area contributed by atoms with Gasteiger partial charge in [-0.05, 0) is 42.9 Å². The summed E-state index contributed by atoms with van der Waals surface area (Å²) in [5.41, 5.74) is 1.60. The SMILES string of the molecule is CCC1(CNc2nc3ccc(OC)cc3s2)CC1. The van der Waals surface area contributed by atoms with Gasteiger partial charge >= 0.3 is 0 Å². The molecular weight excluding hydrogens is 244 g/mol. The Labute approximate surface area is 111 Å². The number of thiazole rings is 1. The van der Waals surface area contributed by atoms with E-state index in [1.165, 1.54) is 24.0 Å². The van der Waals surface area contributed by atoms with Crippen molar-refractivity contribution in [3.63, 3.8) is 0 Å². The van der Waals surface area contributed by atoms with Crippen molar-refractivity contribution < 1.29 is 4.74 Å². The van der Waals surface area contributed by atoms with Gasteiger partial charge < -0.3 is 10.1 Å². The molecule has 0 amide bonds. The highest BCUT2D eigenvalue weighted by Crippen LogP contribution is 2.48. The van der Waals surface area contributed by atoms with Crippen LogP contribution in [0.5, 0.6) is 5.75 Å². The molecule has 1 heterocycles. The summed E-state index contributed by atoms with van der Waals surface area (Å²) in [5, 5.41) is 4.52. The second kappa shape index (κ2) is 4.43. The molecule has 3 rings (SSSR count). The van der Waals surface area contributed by atoms with E-state index in [1.54, 1.807) is 18.4 Å². The van der Waals surface area contributed by atoms with Gasteiger partial charge in [-0.2, -0.15) is 0 Å². The maximum atomic E-state index is 5.23. The fraction of sp³-hybridized carbons (Fsp3) is 0.500. The Morgan fingerprint density at radius 2 is 2.28 bits per heavy atom. The molecule has 1 fully saturated rings. The van der Waals surface area contributed by atoms with Gasteiger partial charge in [0.2, 0.25) is 0 Å². The number of hydrogen-bond acceptors (Lipinski definition) is 4. The lowest BCUT2D eigenvalue weighted by Crippen LogP contribution is -2.13. The minimum absolute atomic E-state index is 0.551. The first kappa shape index (κ1) is 11.8. The molecule has 1 saturated carbocycles. The lowest BCUT2D eigenvalue weighted by atomic mass is 10.0. The number of benzene rings is 1. The second-order valence-corrected chi connectivity index (χ2v) is 6.09. The zero-order valence-electron chi connectivity index (χ0n) is 10.8. The molecule has 0 atom stereocenters. The van der Waals surface area contributed by atoms with E-state index < -0.39 is 0 Å². The number of aromatic nitrogens is 1. The average molecular weight is 262 g/mol. The Kier molecular flexibility index (Phi) is 2.90. The lowest BCUT2D eigenvalue weighted by Gasteiger charge is -2.11. The summed E-state index contributed by atoms with van der Waals surface area (Å²) >= 11 is 1.70. The number of methoxy groups -OCH3 is 1. The van der Waals surface area contributed by atoms with Crippen LogP contribution in [0.2, 0.25) is 0 Å². The molecule has 96 valence electrons. The molecular formula is C14H18N2OS. The summed E-state index contributed by atoms with van der Waals surface area (Å²) in [6, 6.07) is 6.02. The molecule has 18 heavy (non-hydrogen) atoms. The van der Waals surface area contributed by atoms with Crippen LogP contribution in [0.1, 0.15) is 26.2 Å². The van der Waals surface area contributed by atoms with E-state index in [9.17, 15) is 0 Å². The van der Waals surface area contributed by atoms with Crippen molar-refractivity contribution in [2.24, 2.45) is 5.41 Å². The van der Waals surface area contributed by atoms with E-state index in [4.69, 9.17) is 4.74 Å². The molecule has 3 nitrogen and oxygen atoms in total. The number of hydrogen-bond donors (Lipinski definition) is 1. The van der Waals surface area contributed by atoms with Crippen LogP contribution in [-0.4, -0.2) is 18.6 Å². The van der Waals surface area contributed by atoms with Crippen molar-refractivity contribution in [3.8, 4) is 5.75 Å². The van der Waals surface area contributed by atoms with Crippen molar-refractivity contribution in [1.82, 2.24) is 4.98 Å². The number of anilines is 1. The Hall–Kier alpha value is -1.29. The maximum absolute atomic E-state index is 5.23. The number of nitrogens with zero attached hydrogens (tertiary/aromatic N) is 1. The largest absolute Gasteiger partial charge is 0.497 e. The summed E-state index contributed by atoms with van der Waals surface area (Å²) < 4.78 is 6.41. The van der Waals surface area contributed by atoms with Crippen LogP contribution in [0.25, 0.3) is 10.2 Å². The van der Waals surface area contributed by atoms with Crippen molar-refractivity contribution in [3.05, 3.63) is 18.2 Å². The summed E-state index contributed by atoms with van der Waals surface area (Å²) in [5.74, 6) is 0.893. The molecule has 1 aliphatic carbocycles. The molecule has 1 aromatic heterocycles. The molecule has 2 aromatic rings. The standard InChI is InChI=1S/C14H18N2OS/c1-3-14(6-7-14)9-15-13-16-11-5-4-10(17-2)8-12(11)18-13/h4-5,8H,3,6-7,9H2,1-2H3,(H,15,16). The highest BCUT2D eigenvalue weighted by Gasteiger charge is 2.40. The minimum atomic E-state index is 0.551. The third-order valence-corrected chi connectivity index (χ3v) is 4.89. The van der Waals surface area contributed by atoms with Crippen LogP contribution >= 0.6 is 11.3 Å². The fourth-order valence-corrected chi connectivity index (χ4v) is 3.09. The van der Waals surface area contributed by atoms with Crippen LogP contribution in [0, 0.1) is 5.41 Å². The normalized spacial score (nSPS) is 16.8. The topological polar surface area (TPSA) is 34.2 Å². The van der Waals surface area contributed by atoms with Gasteiger partial charge in [0, 0.05) is 6.54 Å². The number of ether oxygens (including phenoxy) is 1. The van der Waals surface area contributed by atoms with E-state index in [0.29, 0.717) is 5.41 Å². The zero-order valence-corrected chi connectivity index (χ0v) is 11.6. The maximum Gasteiger partial charge on any atom is 0.183 e. The number of fused-ring (bicyclic) bond motifs is 1. The molecule has 1 aromatic carbocycles. The van der Waals surface area contributed by atoms with E-state index in [0.717, 1.165) is 22.9 Å². The minimum Gasteiger partial charge on any atom is -0.497 e. The zero-order chi connectivity index (χ0) is 12.6. The first-order valence-electron chi connectivity index (χ1n) is 6.43. The highest BCUT2D eigenvalue weighted by atomic mass is 32.1. The van der Waals surface area contributed by atoms with Crippen LogP contribution < -0.4 is 10.1 Å². The third-order valence-electron chi connectivity index (χ3n) is 3.92. The number of nitrogens with one attached hydrogen (secondary N) is 1. The molecule has 0 spiro atoms. The van der Waals surface area contributed by atoms with Crippen LogP contribution in [0.4, 0.5) is 5.13 Å². The molecule has 1 N–H and O–H groups in total. The van der Waals surface area contributed by atoms with Crippen molar-refractivity contribution >= 4 is 26.7 Å². The Balaban J connectivity index is 1.76. The summed E-state index contributed by atoms with van der Waals surface area (Å²) in [6.45, 7) is 3.33. The van der Waals surface area contributed by atoms with Gasteiger partial charge in [-0.15, -0.1) is 0 Å². The fourth-order valence-electron chi connectivity index (χ4n) is 2.20. The average Bonchev–Trinajstić information content (AvgIpc) is 3.08. The first-order chi connectivity index (χ1) is 8.74.